The fourth-order valence-electron chi connectivity index (χ4n) is 2.37. The minimum Gasteiger partial charge on any atom is -0.327 e. The summed E-state index contributed by atoms with van der Waals surface area (Å²) < 4.78 is 40.0. The van der Waals surface area contributed by atoms with E-state index in [1.807, 2.05) is 0 Å². The standard InChI is InChI=1S/C12H16FN3O4S.ClH/c1-8-7-15(6-5-10(8)14)21(19,20)12-9(13)3-2-4-11(12)16(17)18;/h2-4,8,10H,5-7,14H2,1H3;1H. The van der Waals surface area contributed by atoms with Crippen molar-refractivity contribution in [1.29, 1.82) is 0 Å². The van der Waals surface area contributed by atoms with Crippen LogP contribution >= 0.6 is 12.4 Å². The molecule has 0 amide bonds. The van der Waals surface area contributed by atoms with Crippen molar-refractivity contribution in [1.82, 2.24) is 4.31 Å². The zero-order chi connectivity index (χ0) is 15.8. The van der Waals surface area contributed by atoms with E-state index < -0.39 is 31.3 Å². The summed E-state index contributed by atoms with van der Waals surface area (Å²) in [5.74, 6) is -1.22. The van der Waals surface area contributed by atoms with Gasteiger partial charge in [0.1, 0.15) is 5.82 Å². The second-order valence-electron chi connectivity index (χ2n) is 5.14. The lowest BCUT2D eigenvalue weighted by atomic mass is 9.96. The van der Waals surface area contributed by atoms with Crippen molar-refractivity contribution in [3.05, 3.63) is 34.1 Å². The Balaban J connectivity index is 0.00000242. The number of nitro groups is 1. The third-order valence-electron chi connectivity index (χ3n) is 3.68. The van der Waals surface area contributed by atoms with Gasteiger partial charge in [0.15, 0.2) is 4.90 Å². The Bertz CT molecular complexity index is 670. The van der Waals surface area contributed by atoms with Crippen molar-refractivity contribution in [2.24, 2.45) is 11.7 Å². The molecule has 0 aromatic heterocycles. The van der Waals surface area contributed by atoms with Gasteiger partial charge in [0.2, 0.25) is 0 Å². The van der Waals surface area contributed by atoms with Crippen LogP contribution in [0.5, 0.6) is 0 Å². The first-order chi connectivity index (χ1) is 9.75. The molecular formula is C12H17ClFN3O4S. The van der Waals surface area contributed by atoms with Gasteiger partial charge in [-0.25, -0.2) is 12.8 Å². The van der Waals surface area contributed by atoms with Crippen LogP contribution in [0.2, 0.25) is 0 Å². The van der Waals surface area contributed by atoms with Gasteiger partial charge in [-0.2, -0.15) is 4.31 Å². The van der Waals surface area contributed by atoms with E-state index in [0.717, 1.165) is 22.5 Å². The van der Waals surface area contributed by atoms with E-state index in [2.05, 4.69) is 0 Å². The van der Waals surface area contributed by atoms with Crippen molar-refractivity contribution in [3.8, 4) is 0 Å². The number of benzene rings is 1. The van der Waals surface area contributed by atoms with E-state index >= 15 is 0 Å². The highest BCUT2D eigenvalue weighted by Gasteiger charge is 2.38. The van der Waals surface area contributed by atoms with Gasteiger partial charge in [0.05, 0.1) is 4.92 Å². The van der Waals surface area contributed by atoms with E-state index in [4.69, 9.17) is 5.73 Å². The summed E-state index contributed by atoms with van der Waals surface area (Å²) in [5, 5.41) is 11.0. The number of nitrogens with two attached hydrogens (primary N) is 1. The van der Waals surface area contributed by atoms with E-state index in [9.17, 15) is 22.9 Å². The lowest BCUT2D eigenvalue weighted by Gasteiger charge is -2.34. The highest BCUT2D eigenvalue weighted by atomic mass is 35.5. The molecule has 0 aliphatic carbocycles. The van der Waals surface area contributed by atoms with Crippen LogP contribution in [0, 0.1) is 21.8 Å². The summed E-state index contributed by atoms with van der Waals surface area (Å²) in [6.07, 6.45) is 0.433. The second-order valence-corrected chi connectivity index (χ2v) is 7.01. The van der Waals surface area contributed by atoms with Crippen LogP contribution in [0.4, 0.5) is 10.1 Å². The van der Waals surface area contributed by atoms with Gasteiger partial charge < -0.3 is 5.73 Å². The molecule has 0 bridgehead atoms. The third-order valence-corrected chi connectivity index (χ3v) is 5.61. The van der Waals surface area contributed by atoms with Crippen molar-refractivity contribution in [2.45, 2.75) is 24.3 Å². The van der Waals surface area contributed by atoms with Crippen molar-refractivity contribution >= 4 is 28.1 Å². The van der Waals surface area contributed by atoms with Gasteiger partial charge in [0.25, 0.3) is 15.7 Å². The Morgan fingerprint density at radius 2 is 2.09 bits per heavy atom. The van der Waals surface area contributed by atoms with E-state index in [1.54, 1.807) is 6.92 Å². The van der Waals surface area contributed by atoms with Crippen LogP contribution in [0.3, 0.4) is 0 Å². The summed E-state index contributed by atoms with van der Waals surface area (Å²) in [5.41, 5.74) is 5.07. The van der Waals surface area contributed by atoms with Gasteiger partial charge in [-0.15, -0.1) is 12.4 Å². The monoisotopic (exact) mass is 353 g/mol. The first-order valence-electron chi connectivity index (χ1n) is 6.43. The maximum Gasteiger partial charge on any atom is 0.292 e. The van der Waals surface area contributed by atoms with Gasteiger partial charge in [-0.3, -0.25) is 10.1 Å². The number of piperidine rings is 1. The molecule has 1 heterocycles. The normalized spacial score (nSPS) is 22.9. The summed E-state index contributed by atoms with van der Waals surface area (Å²) >= 11 is 0. The van der Waals surface area contributed by atoms with Crippen LogP contribution in [0.25, 0.3) is 0 Å². The molecule has 2 N–H and O–H groups in total. The van der Waals surface area contributed by atoms with Gasteiger partial charge >= 0.3 is 0 Å². The van der Waals surface area contributed by atoms with Crippen LogP contribution < -0.4 is 5.73 Å². The number of hydrogen-bond acceptors (Lipinski definition) is 5. The third kappa shape index (κ3) is 3.37. The number of nitrogens with zero attached hydrogens (tertiary/aromatic N) is 2. The Kier molecular flexibility index (Phi) is 5.85. The van der Waals surface area contributed by atoms with Gasteiger partial charge in [0, 0.05) is 25.2 Å². The predicted molar refractivity (Wildman–Crippen MR) is 80.8 cm³/mol. The lowest BCUT2D eigenvalue weighted by Crippen LogP contribution is -2.48. The Morgan fingerprint density at radius 1 is 1.45 bits per heavy atom. The second kappa shape index (κ2) is 6.86. The molecule has 1 aliphatic rings. The molecule has 1 aliphatic heterocycles. The van der Waals surface area contributed by atoms with E-state index in [-0.39, 0.29) is 37.5 Å². The zero-order valence-electron chi connectivity index (χ0n) is 11.8. The molecule has 1 aromatic rings. The molecule has 0 saturated carbocycles. The molecule has 1 fully saturated rings. The number of rotatable bonds is 3. The number of halogens is 2. The highest BCUT2D eigenvalue weighted by Crippen LogP contribution is 2.31. The topological polar surface area (TPSA) is 107 Å². The molecular weight excluding hydrogens is 337 g/mol. The predicted octanol–water partition coefficient (Wildman–Crippen LogP) is 1.51. The fraction of sp³-hybridized carbons (Fsp3) is 0.500. The molecule has 22 heavy (non-hydrogen) atoms. The molecule has 2 unspecified atom stereocenters. The van der Waals surface area contributed by atoms with Crippen LogP contribution in [-0.4, -0.2) is 36.8 Å². The molecule has 7 nitrogen and oxygen atoms in total. The molecule has 0 spiro atoms. The smallest absolute Gasteiger partial charge is 0.292 e. The van der Waals surface area contributed by atoms with E-state index in [0.29, 0.717) is 6.42 Å². The van der Waals surface area contributed by atoms with Gasteiger partial charge in [-0.05, 0) is 18.4 Å². The van der Waals surface area contributed by atoms with Crippen molar-refractivity contribution in [3.63, 3.8) is 0 Å². The van der Waals surface area contributed by atoms with Crippen molar-refractivity contribution in [2.75, 3.05) is 13.1 Å². The Morgan fingerprint density at radius 3 is 2.64 bits per heavy atom. The first kappa shape index (κ1) is 18.8. The van der Waals surface area contributed by atoms with Crippen LogP contribution in [0.15, 0.2) is 23.1 Å². The largest absolute Gasteiger partial charge is 0.327 e. The van der Waals surface area contributed by atoms with Gasteiger partial charge in [-0.1, -0.05) is 13.0 Å². The SMILES string of the molecule is CC1CN(S(=O)(=O)c2c(F)cccc2[N+](=O)[O-])CCC1N.Cl. The molecule has 124 valence electrons. The molecule has 1 saturated heterocycles. The Hall–Kier alpha value is -1.29. The molecule has 10 heteroatoms. The first-order valence-corrected chi connectivity index (χ1v) is 7.87. The van der Waals surface area contributed by atoms with Crippen LogP contribution in [-0.2, 0) is 10.0 Å². The maximum atomic E-state index is 13.9. The quantitative estimate of drug-likeness (QED) is 0.654. The lowest BCUT2D eigenvalue weighted by molar-refractivity contribution is -0.388. The average Bonchev–Trinajstić information content (AvgIpc) is 2.41. The average molecular weight is 354 g/mol. The zero-order valence-corrected chi connectivity index (χ0v) is 13.4. The maximum absolute atomic E-state index is 13.9. The van der Waals surface area contributed by atoms with E-state index in [1.165, 1.54) is 0 Å². The number of nitro benzene ring substituents is 1. The summed E-state index contributed by atoms with van der Waals surface area (Å²) in [7, 11) is -4.26. The highest BCUT2D eigenvalue weighted by molar-refractivity contribution is 7.89. The van der Waals surface area contributed by atoms with Crippen LogP contribution in [0.1, 0.15) is 13.3 Å². The minimum atomic E-state index is -4.26. The summed E-state index contributed by atoms with van der Waals surface area (Å²) in [4.78, 5) is 9.18. The Labute approximate surface area is 133 Å². The number of hydrogen-bond donors (Lipinski definition) is 1. The molecule has 2 rings (SSSR count). The minimum absolute atomic E-state index is 0. The molecule has 2 atom stereocenters. The fourth-order valence-corrected chi connectivity index (χ4v) is 4.13. The van der Waals surface area contributed by atoms with Crippen molar-refractivity contribution < 1.29 is 17.7 Å². The summed E-state index contributed by atoms with van der Waals surface area (Å²) in [6.45, 7) is 2.04. The summed E-state index contributed by atoms with van der Waals surface area (Å²) in [6, 6.07) is 2.86. The molecule has 0 radical (unpaired) electrons. The molecule has 1 aromatic carbocycles. The number of sulfonamides is 1.